The lowest BCUT2D eigenvalue weighted by molar-refractivity contribution is 0.223. The van der Waals surface area contributed by atoms with Crippen molar-refractivity contribution >= 4 is 23.2 Å². The fourth-order valence-electron chi connectivity index (χ4n) is 4.47. The highest BCUT2D eigenvalue weighted by molar-refractivity contribution is 6.30. The number of halogens is 1. The Morgan fingerprint density at radius 1 is 1.00 bits per heavy atom. The molecule has 6 nitrogen and oxygen atoms in total. The first-order valence-corrected chi connectivity index (χ1v) is 10.7. The SMILES string of the molecule is COc1ccc([C@@H]2C3=C(Nc4ncnn42)c2ccccc2O[C@H]3c2cccc(Cl)c2)cc1. The zero-order valence-corrected chi connectivity index (χ0v) is 18.0. The van der Waals surface area contributed by atoms with Crippen LogP contribution in [0.1, 0.15) is 28.8 Å². The molecule has 0 aliphatic carbocycles. The maximum atomic E-state index is 6.59. The van der Waals surface area contributed by atoms with Gasteiger partial charge in [-0.15, -0.1) is 0 Å². The molecule has 6 rings (SSSR count). The van der Waals surface area contributed by atoms with E-state index in [9.17, 15) is 0 Å². The molecule has 0 saturated heterocycles. The van der Waals surface area contributed by atoms with Gasteiger partial charge in [0, 0.05) is 16.2 Å². The number of anilines is 1. The number of ether oxygens (including phenoxy) is 2. The van der Waals surface area contributed by atoms with Crippen molar-refractivity contribution in [2.45, 2.75) is 12.1 Å². The van der Waals surface area contributed by atoms with Gasteiger partial charge in [-0.1, -0.05) is 48.0 Å². The number of methoxy groups -OCH3 is 1. The molecule has 0 unspecified atom stereocenters. The van der Waals surface area contributed by atoms with E-state index in [0.29, 0.717) is 11.0 Å². The minimum absolute atomic E-state index is 0.216. The van der Waals surface area contributed by atoms with Crippen LogP contribution in [0.3, 0.4) is 0 Å². The number of para-hydroxylation sites is 1. The van der Waals surface area contributed by atoms with E-state index in [4.69, 9.17) is 21.1 Å². The largest absolute Gasteiger partial charge is 0.497 e. The number of nitrogens with one attached hydrogen (secondary N) is 1. The Bertz CT molecular complexity index is 1350. The Hall–Kier alpha value is -3.77. The van der Waals surface area contributed by atoms with Crippen molar-refractivity contribution in [3.05, 3.63) is 106 Å². The molecule has 0 radical (unpaired) electrons. The fraction of sp³-hybridized carbons (Fsp3) is 0.120. The topological polar surface area (TPSA) is 61.2 Å². The molecule has 0 amide bonds. The van der Waals surface area contributed by atoms with Crippen molar-refractivity contribution in [1.29, 1.82) is 0 Å². The minimum atomic E-state index is -0.351. The zero-order chi connectivity index (χ0) is 21.7. The second-order valence-electron chi connectivity index (χ2n) is 7.71. The molecule has 158 valence electrons. The number of aromatic nitrogens is 3. The summed E-state index contributed by atoms with van der Waals surface area (Å²) in [5, 5.41) is 8.71. The average molecular weight is 443 g/mol. The van der Waals surface area contributed by atoms with Crippen molar-refractivity contribution in [2.24, 2.45) is 0 Å². The van der Waals surface area contributed by atoms with Gasteiger partial charge in [-0.2, -0.15) is 10.1 Å². The van der Waals surface area contributed by atoms with Crippen LogP contribution < -0.4 is 14.8 Å². The molecule has 3 heterocycles. The number of rotatable bonds is 3. The Kier molecular flexibility index (Phi) is 4.40. The predicted octanol–water partition coefficient (Wildman–Crippen LogP) is 5.50. The molecule has 2 atom stereocenters. The van der Waals surface area contributed by atoms with Crippen molar-refractivity contribution < 1.29 is 9.47 Å². The highest BCUT2D eigenvalue weighted by Gasteiger charge is 2.40. The molecule has 2 aliphatic rings. The van der Waals surface area contributed by atoms with Crippen LogP contribution in [0.5, 0.6) is 11.5 Å². The lowest BCUT2D eigenvalue weighted by Crippen LogP contribution is -2.32. The van der Waals surface area contributed by atoms with Crippen LogP contribution in [0.2, 0.25) is 5.02 Å². The van der Waals surface area contributed by atoms with E-state index < -0.39 is 0 Å². The molecule has 0 spiro atoms. The lowest BCUT2D eigenvalue weighted by atomic mass is 9.84. The Morgan fingerprint density at radius 3 is 2.66 bits per heavy atom. The van der Waals surface area contributed by atoms with Gasteiger partial charge in [0.25, 0.3) is 0 Å². The first-order valence-electron chi connectivity index (χ1n) is 10.3. The molecule has 1 aromatic heterocycles. The van der Waals surface area contributed by atoms with Crippen molar-refractivity contribution in [2.75, 3.05) is 12.4 Å². The van der Waals surface area contributed by atoms with Gasteiger partial charge in [0.05, 0.1) is 12.8 Å². The van der Waals surface area contributed by atoms with Crippen molar-refractivity contribution in [3.63, 3.8) is 0 Å². The van der Waals surface area contributed by atoms with E-state index >= 15 is 0 Å². The summed E-state index contributed by atoms with van der Waals surface area (Å²) in [6.07, 6.45) is 1.22. The van der Waals surface area contributed by atoms with E-state index in [-0.39, 0.29) is 12.1 Å². The van der Waals surface area contributed by atoms with Gasteiger partial charge in [-0.05, 0) is 47.5 Å². The third-order valence-electron chi connectivity index (χ3n) is 5.90. The first-order chi connectivity index (χ1) is 15.7. The van der Waals surface area contributed by atoms with Gasteiger partial charge < -0.3 is 14.8 Å². The molecule has 4 aromatic rings. The van der Waals surface area contributed by atoms with E-state index in [0.717, 1.165) is 39.5 Å². The summed E-state index contributed by atoms with van der Waals surface area (Å²) < 4.78 is 13.9. The quantitative estimate of drug-likeness (QED) is 0.454. The molecule has 32 heavy (non-hydrogen) atoms. The van der Waals surface area contributed by atoms with Gasteiger partial charge in [-0.25, -0.2) is 4.68 Å². The average Bonchev–Trinajstić information content (AvgIpc) is 3.30. The minimum Gasteiger partial charge on any atom is -0.497 e. The molecule has 0 saturated carbocycles. The summed E-state index contributed by atoms with van der Waals surface area (Å²) in [6, 6.07) is 23.6. The second kappa shape index (κ2) is 7.43. The fourth-order valence-corrected chi connectivity index (χ4v) is 4.67. The zero-order valence-electron chi connectivity index (χ0n) is 17.2. The highest BCUT2D eigenvalue weighted by Crippen LogP contribution is 2.50. The van der Waals surface area contributed by atoms with Crippen molar-refractivity contribution in [1.82, 2.24) is 14.8 Å². The van der Waals surface area contributed by atoms with Crippen LogP contribution in [-0.2, 0) is 0 Å². The van der Waals surface area contributed by atoms with Gasteiger partial charge in [-0.3, -0.25) is 0 Å². The van der Waals surface area contributed by atoms with Crippen LogP contribution in [0.4, 0.5) is 5.95 Å². The van der Waals surface area contributed by atoms with Crippen LogP contribution in [0, 0.1) is 0 Å². The Balaban J connectivity index is 1.61. The summed E-state index contributed by atoms with van der Waals surface area (Å²) in [6.45, 7) is 0. The lowest BCUT2D eigenvalue weighted by Gasteiger charge is -2.39. The standard InChI is InChI=1S/C25H19ClN4O2/c1-31-18-11-9-15(10-12-18)23-21-22(29-25-27-14-28-30(23)25)19-7-2-3-8-20(19)32-24(21)16-5-4-6-17(26)13-16/h2-14,23-24H,1H3,(H,27,28,29)/t23-,24+/m1/s1. The summed E-state index contributed by atoms with van der Waals surface area (Å²) in [7, 11) is 1.66. The maximum Gasteiger partial charge on any atom is 0.226 e. The Labute approximate surface area is 190 Å². The van der Waals surface area contributed by atoms with E-state index in [1.807, 2.05) is 59.3 Å². The number of fused-ring (bicyclic) bond motifs is 3. The van der Waals surface area contributed by atoms with Gasteiger partial charge >= 0.3 is 0 Å². The molecule has 2 aliphatic heterocycles. The Morgan fingerprint density at radius 2 is 1.84 bits per heavy atom. The van der Waals surface area contributed by atoms with Gasteiger partial charge in [0.15, 0.2) is 0 Å². The summed E-state index contributed by atoms with van der Waals surface area (Å²) in [4.78, 5) is 4.46. The number of nitrogens with zero attached hydrogens (tertiary/aromatic N) is 3. The highest BCUT2D eigenvalue weighted by atomic mass is 35.5. The molecular weight excluding hydrogens is 424 g/mol. The predicted molar refractivity (Wildman–Crippen MR) is 123 cm³/mol. The third kappa shape index (κ3) is 2.95. The van der Waals surface area contributed by atoms with E-state index in [1.165, 1.54) is 0 Å². The maximum absolute atomic E-state index is 6.59. The molecule has 7 heteroatoms. The van der Waals surface area contributed by atoms with Crippen LogP contribution in [0.25, 0.3) is 5.70 Å². The number of hydrogen-bond acceptors (Lipinski definition) is 5. The summed E-state index contributed by atoms with van der Waals surface area (Å²) >= 11 is 6.36. The molecule has 1 N–H and O–H groups in total. The molecular formula is C25H19ClN4O2. The van der Waals surface area contributed by atoms with Gasteiger partial charge in [0.1, 0.15) is 30.0 Å². The smallest absolute Gasteiger partial charge is 0.226 e. The molecule has 3 aromatic carbocycles. The monoisotopic (exact) mass is 442 g/mol. The van der Waals surface area contributed by atoms with Crippen LogP contribution >= 0.6 is 11.6 Å². The normalized spacial score (nSPS) is 18.7. The van der Waals surface area contributed by atoms with E-state index in [2.05, 4.69) is 33.6 Å². The summed E-state index contributed by atoms with van der Waals surface area (Å²) in [5.41, 5.74) is 5.06. The molecule has 0 bridgehead atoms. The van der Waals surface area contributed by atoms with Crippen molar-refractivity contribution in [3.8, 4) is 11.5 Å². The van der Waals surface area contributed by atoms with Crippen LogP contribution in [0.15, 0.2) is 84.7 Å². The second-order valence-corrected chi connectivity index (χ2v) is 8.14. The summed E-state index contributed by atoms with van der Waals surface area (Å²) in [5.74, 6) is 2.30. The molecule has 0 fully saturated rings. The number of hydrogen-bond donors (Lipinski definition) is 1. The number of benzene rings is 3. The van der Waals surface area contributed by atoms with Gasteiger partial charge in [0.2, 0.25) is 5.95 Å². The third-order valence-corrected chi connectivity index (χ3v) is 6.14. The van der Waals surface area contributed by atoms with E-state index in [1.54, 1.807) is 13.4 Å². The van der Waals surface area contributed by atoms with Crippen LogP contribution in [-0.4, -0.2) is 21.9 Å². The first kappa shape index (κ1) is 19.0.